The van der Waals surface area contributed by atoms with E-state index in [0.29, 0.717) is 18.6 Å². The van der Waals surface area contributed by atoms with E-state index in [4.69, 9.17) is 4.74 Å². The van der Waals surface area contributed by atoms with E-state index in [1.54, 1.807) is 13.0 Å². The van der Waals surface area contributed by atoms with Crippen LogP contribution in [0.1, 0.15) is 22.8 Å². The minimum absolute atomic E-state index is 0.130. The Morgan fingerprint density at radius 1 is 1.56 bits per heavy atom. The number of hydrogen-bond acceptors (Lipinski definition) is 3. The number of ether oxygens (including phenoxy) is 1. The maximum Gasteiger partial charge on any atom is 0.317 e. The number of Topliss-reactive ketones (excluding diaryl/α,β-unsaturated/α-hetero) is 1. The third-order valence-electron chi connectivity index (χ3n) is 2.65. The minimum Gasteiger partial charge on any atom is -0.465 e. The van der Waals surface area contributed by atoms with Gasteiger partial charge in [-0.25, -0.2) is 0 Å². The molecule has 0 fully saturated rings. The zero-order valence-electron chi connectivity index (χ0n) is 8.83. The van der Waals surface area contributed by atoms with E-state index in [9.17, 15) is 9.59 Å². The molecule has 84 valence electrons. The Bertz CT molecular complexity index is 454. The molecule has 0 amide bonds. The van der Waals surface area contributed by atoms with Gasteiger partial charge in [-0.2, -0.15) is 0 Å². The van der Waals surface area contributed by atoms with Crippen LogP contribution in [0.2, 0.25) is 0 Å². The fraction of sp³-hybridized carbons (Fsp3) is 0.333. The van der Waals surface area contributed by atoms with Crippen LogP contribution in [0, 0.1) is 5.92 Å². The van der Waals surface area contributed by atoms with Crippen LogP contribution < -0.4 is 0 Å². The van der Waals surface area contributed by atoms with Gasteiger partial charge in [0.1, 0.15) is 5.92 Å². The molecule has 0 heterocycles. The van der Waals surface area contributed by atoms with Gasteiger partial charge in [-0.15, -0.1) is 0 Å². The third-order valence-corrected chi connectivity index (χ3v) is 3.14. The number of fused-ring (bicyclic) bond motifs is 1. The molecule has 0 N–H and O–H groups in total. The van der Waals surface area contributed by atoms with Gasteiger partial charge >= 0.3 is 5.97 Å². The van der Waals surface area contributed by atoms with Crippen LogP contribution in [0.25, 0.3) is 0 Å². The van der Waals surface area contributed by atoms with Crippen LogP contribution in [-0.4, -0.2) is 18.4 Å². The van der Waals surface area contributed by atoms with Gasteiger partial charge in [-0.1, -0.05) is 22.0 Å². The van der Waals surface area contributed by atoms with Crippen molar-refractivity contribution >= 4 is 27.7 Å². The molecule has 16 heavy (non-hydrogen) atoms. The monoisotopic (exact) mass is 282 g/mol. The van der Waals surface area contributed by atoms with E-state index in [-0.39, 0.29) is 5.78 Å². The summed E-state index contributed by atoms with van der Waals surface area (Å²) in [6, 6.07) is 5.51. The predicted molar refractivity (Wildman–Crippen MR) is 62.3 cm³/mol. The highest BCUT2D eigenvalue weighted by molar-refractivity contribution is 9.10. The third kappa shape index (κ3) is 1.89. The van der Waals surface area contributed by atoms with E-state index in [1.807, 2.05) is 12.1 Å². The van der Waals surface area contributed by atoms with Crippen molar-refractivity contribution in [2.75, 3.05) is 6.61 Å². The Labute approximate surface area is 102 Å². The molecular weight excluding hydrogens is 272 g/mol. The van der Waals surface area contributed by atoms with Crippen molar-refractivity contribution in [2.24, 2.45) is 5.92 Å². The highest BCUT2D eigenvalue weighted by Crippen LogP contribution is 2.29. The Hall–Kier alpha value is -1.16. The Morgan fingerprint density at radius 3 is 3.00 bits per heavy atom. The Kier molecular flexibility index (Phi) is 3.10. The van der Waals surface area contributed by atoms with Crippen LogP contribution in [0.4, 0.5) is 0 Å². The summed E-state index contributed by atoms with van der Waals surface area (Å²) in [5, 5.41) is 0. The quantitative estimate of drug-likeness (QED) is 0.618. The smallest absolute Gasteiger partial charge is 0.317 e. The van der Waals surface area contributed by atoms with Crippen molar-refractivity contribution in [1.82, 2.24) is 0 Å². The van der Waals surface area contributed by atoms with Crippen molar-refractivity contribution in [3.8, 4) is 0 Å². The molecule has 3 nitrogen and oxygen atoms in total. The van der Waals surface area contributed by atoms with Gasteiger partial charge < -0.3 is 4.74 Å². The number of carbonyl (C=O) groups excluding carboxylic acids is 2. The van der Waals surface area contributed by atoms with Crippen molar-refractivity contribution < 1.29 is 14.3 Å². The van der Waals surface area contributed by atoms with E-state index in [1.165, 1.54) is 0 Å². The van der Waals surface area contributed by atoms with E-state index in [2.05, 4.69) is 15.9 Å². The summed E-state index contributed by atoms with van der Waals surface area (Å²) in [7, 11) is 0. The van der Waals surface area contributed by atoms with Crippen molar-refractivity contribution in [3.05, 3.63) is 33.8 Å². The maximum absolute atomic E-state index is 11.9. The number of esters is 1. The first kappa shape index (κ1) is 11.3. The van der Waals surface area contributed by atoms with Crippen LogP contribution in [0.15, 0.2) is 22.7 Å². The highest BCUT2D eigenvalue weighted by atomic mass is 79.9. The largest absolute Gasteiger partial charge is 0.465 e. The highest BCUT2D eigenvalue weighted by Gasteiger charge is 2.36. The molecule has 0 bridgehead atoms. The average Bonchev–Trinajstić information content (AvgIpc) is 2.57. The van der Waals surface area contributed by atoms with E-state index in [0.717, 1.165) is 10.0 Å². The summed E-state index contributed by atoms with van der Waals surface area (Å²) in [4.78, 5) is 23.5. The van der Waals surface area contributed by atoms with Gasteiger partial charge in [-0.3, -0.25) is 9.59 Å². The van der Waals surface area contributed by atoms with Crippen LogP contribution in [-0.2, 0) is 16.0 Å². The van der Waals surface area contributed by atoms with E-state index < -0.39 is 11.9 Å². The second-order valence-corrected chi connectivity index (χ2v) is 4.59. The van der Waals surface area contributed by atoms with Gasteiger partial charge in [0.05, 0.1) is 6.61 Å². The fourth-order valence-corrected chi connectivity index (χ4v) is 2.25. The summed E-state index contributed by atoms with van der Waals surface area (Å²) < 4.78 is 5.74. The van der Waals surface area contributed by atoms with Gasteiger partial charge in [0.15, 0.2) is 5.78 Å². The molecule has 1 aliphatic carbocycles. The minimum atomic E-state index is -0.649. The first-order chi connectivity index (χ1) is 7.63. The summed E-state index contributed by atoms with van der Waals surface area (Å²) in [6.45, 7) is 2.05. The zero-order chi connectivity index (χ0) is 11.7. The summed E-state index contributed by atoms with van der Waals surface area (Å²) >= 11 is 3.31. The number of carbonyl (C=O) groups is 2. The molecule has 0 radical (unpaired) electrons. The molecule has 0 aromatic heterocycles. The maximum atomic E-state index is 11.9. The normalized spacial score (nSPS) is 18.4. The zero-order valence-corrected chi connectivity index (χ0v) is 10.4. The lowest BCUT2D eigenvalue weighted by atomic mass is 10.1. The lowest BCUT2D eigenvalue weighted by Crippen LogP contribution is -2.23. The second kappa shape index (κ2) is 4.37. The molecule has 1 atom stereocenters. The first-order valence-corrected chi connectivity index (χ1v) is 5.92. The predicted octanol–water partition coefficient (Wildman–Crippen LogP) is 2.37. The molecule has 1 aliphatic rings. The molecule has 0 saturated heterocycles. The molecule has 1 aromatic carbocycles. The molecule has 0 spiro atoms. The number of hydrogen-bond donors (Lipinski definition) is 0. The van der Waals surface area contributed by atoms with Crippen molar-refractivity contribution in [3.63, 3.8) is 0 Å². The Morgan fingerprint density at radius 2 is 2.31 bits per heavy atom. The number of rotatable bonds is 2. The van der Waals surface area contributed by atoms with Gasteiger partial charge in [0.2, 0.25) is 0 Å². The molecule has 0 saturated carbocycles. The Balaban J connectivity index is 2.27. The van der Waals surface area contributed by atoms with Crippen LogP contribution in [0.5, 0.6) is 0 Å². The molecule has 1 unspecified atom stereocenters. The summed E-state index contributed by atoms with van der Waals surface area (Å²) in [5.74, 6) is -1.20. The SMILES string of the molecule is CCOC(=O)C1Cc2ccc(Br)cc2C1=O. The van der Waals surface area contributed by atoms with Crippen molar-refractivity contribution in [2.45, 2.75) is 13.3 Å². The standard InChI is InChI=1S/C12H11BrO3/c1-2-16-12(15)10-5-7-3-4-8(13)6-9(7)11(10)14/h3-4,6,10H,2,5H2,1H3. The molecule has 1 aromatic rings. The molecular formula is C12H11BrO3. The lowest BCUT2D eigenvalue weighted by Gasteiger charge is -2.05. The molecule has 4 heteroatoms. The van der Waals surface area contributed by atoms with Crippen molar-refractivity contribution in [1.29, 1.82) is 0 Å². The second-order valence-electron chi connectivity index (χ2n) is 3.67. The number of benzene rings is 1. The van der Waals surface area contributed by atoms with Crippen LogP contribution in [0.3, 0.4) is 0 Å². The average molecular weight is 283 g/mol. The van der Waals surface area contributed by atoms with Gasteiger partial charge in [0.25, 0.3) is 0 Å². The molecule has 2 rings (SSSR count). The number of halogens is 1. The van der Waals surface area contributed by atoms with Gasteiger partial charge in [-0.05, 0) is 31.0 Å². The summed E-state index contributed by atoms with van der Waals surface area (Å²) in [5.41, 5.74) is 1.55. The first-order valence-electron chi connectivity index (χ1n) is 5.12. The fourth-order valence-electron chi connectivity index (χ4n) is 1.89. The lowest BCUT2D eigenvalue weighted by molar-refractivity contribution is -0.145. The summed E-state index contributed by atoms with van der Waals surface area (Å²) in [6.07, 6.45) is 0.459. The van der Waals surface area contributed by atoms with Gasteiger partial charge in [0, 0.05) is 10.0 Å². The number of ketones is 1. The van der Waals surface area contributed by atoms with Crippen LogP contribution >= 0.6 is 15.9 Å². The van der Waals surface area contributed by atoms with E-state index >= 15 is 0 Å². The topological polar surface area (TPSA) is 43.4 Å². The molecule has 0 aliphatic heterocycles.